The third-order valence-electron chi connectivity index (χ3n) is 3.10. The van der Waals surface area contributed by atoms with Crippen LogP contribution >= 0.6 is 23.2 Å². The number of halogens is 2. The van der Waals surface area contributed by atoms with Crippen LogP contribution in [0.25, 0.3) is 0 Å². The number of pyridine rings is 1. The molecule has 6 heteroatoms. The third-order valence-corrected chi connectivity index (χ3v) is 4.20. The molecule has 1 saturated carbocycles. The highest BCUT2D eigenvalue weighted by molar-refractivity contribution is 6.53. The fourth-order valence-corrected chi connectivity index (χ4v) is 2.29. The summed E-state index contributed by atoms with van der Waals surface area (Å²) in [4.78, 5) is 23.1. The van der Waals surface area contributed by atoms with Gasteiger partial charge in [0.05, 0.1) is 11.1 Å². The van der Waals surface area contributed by atoms with Crippen molar-refractivity contribution < 1.29 is 4.79 Å². The molecule has 1 atom stereocenters. The first kappa shape index (κ1) is 12.5. The molecule has 2 rings (SSSR count). The number of nitrogens with zero attached hydrogens (tertiary/aromatic N) is 1. The van der Waals surface area contributed by atoms with E-state index in [0.29, 0.717) is 12.1 Å². The summed E-state index contributed by atoms with van der Waals surface area (Å²) < 4.78 is 0.400. The van der Waals surface area contributed by atoms with E-state index in [1.54, 1.807) is 26.2 Å². The smallest absolute Gasteiger partial charge is 0.250 e. The number of rotatable bonds is 2. The average molecular weight is 275 g/mol. The predicted molar refractivity (Wildman–Crippen MR) is 67.5 cm³/mol. The van der Waals surface area contributed by atoms with Crippen molar-refractivity contribution in [3.05, 3.63) is 28.7 Å². The van der Waals surface area contributed by atoms with Gasteiger partial charge in [-0.25, -0.2) is 0 Å². The van der Waals surface area contributed by atoms with E-state index in [4.69, 9.17) is 23.2 Å². The van der Waals surface area contributed by atoms with E-state index < -0.39 is 9.75 Å². The van der Waals surface area contributed by atoms with Crippen LogP contribution in [0.4, 0.5) is 5.69 Å². The molecule has 1 amide bonds. The van der Waals surface area contributed by atoms with Crippen molar-refractivity contribution in [2.45, 2.75) is 17.7 Å². The van der Waals surface area contributed by atoms with Crippen LogP contribution in [0.5, 0.6) is 0 Å². The lowest BCUT2D eigenvalue weighted by atomic mass is 10.1. The second kappa shape index (κ2) is 3.75. The molecule has 1 aromatic rings. The molecule has 92 valence electrons. The van der Waals surface area contributed by atoms with Crippen molar-refractivity contribution in [2.75, 3.05) is 5.32 Å². The van der Waals surface area contributed by atoms with Gasteiger partial charge < -0.3 is 9.88 Å². The number of hydrogen-bond donors (Lipinski definition) is 1. The Kier molecular flexibility index (Phi) is 2.75. The minimum absolute atomic E-state index is 0.135. The first-order valence-electron chi connectivity index (χ1n) is 5.12. The highest BCUT2D eigenvalue weighted by Gasteiger charge is 2.67. The molecule has 1 aliphatic rings. The molecule has 0 saturated heterocycles. The molecule has 4 nitrogen and oxygen atoms in total. The summed E-state index contributed by atoms with van der Waals surface area (Å²) in [5.74, 6) is -0.235. The van der Waals surface area contributed by atoms with E-state index in [9.17, 15) is 9.59 Å². The first-order valence-corrected chi connectivity index (χ1v) is 5.88. The lowest BCUT2D eigenvalue weighted by Crippen LogP contribution is -2.26. The maximum absolute atomic E-state index is 11.9. The van der Waals surface area contributed by atoms with Crippen LogP contribution in [-0.4, -0.2) is 14.8 Å². The number of aromatic nitrogens is 1. The normalized spacial score (nSPS) is 25.4. The minimum atomic E-state index is -0.988. The maximum atomic E-state index is 11.9. The number of aryl methyl sites for hydroxylation is 1. The molecule has 1 aliphatic carbocycles. The third kappa shape index (κ3) is 2.07. The Morgan fingerprint density at radius 2 is 2.06 bits per heavy atom. The molecule has 0 spiro atoms. The number of nitrogens with one attached hydrogen (secondary N) is 1. The highest BCUT2D eigenvalue weighted by atomic mass is 35.5. The van der Waals surface area contributed by atoms with Gasteiger partial charge in [0.1, 0.15) is 4.33 Å². The Bertz CT molecular complexity index is 539. The number of anilines is 1. The lowest BCUT2D eigenvalue weighted by Gasteiger charge is -2.12. The number of hydrogen-bond acceptors (Lipinski definition) is 2. The summed E-state index contributed by atoms with van der Waals surface area (Å²) in [6.45, 7) is 1.71. The van der Waals surface area contributed by atoms with Crippen molar-refractivity contribution in [1.29, 1.82) is 0 Å². The predicted octanol–water partition coefficient (Wildman–Crippen LogP) is 1.91. The summed E-state index contributed by atoms with van der Waals surface area (Å²) in [5, 5.41) is 2.70. The second-order valence-electron chi connectivity index (χ2n) is 4.53. The Labute approximate surface area is 109 Å². The van der Waals surface area contributed by atoms with E-state index in [1.807, 2.05) is 0 Å². The van der Waals surface area contributed by atoms with Gasteiger partial charge in [0, 0.05) is 19.3 Å². The number of carbonyl (C=O) groups excluding carboxylic acids is 1. The Morgan fingerprint density at radius 1 is 1.47 bits per heavy atom. The molecule has 1 fully saturated rings. The number of alkyl halides is 2. The van der Waals surface area contributed by atoms with Crippen LogP contribution in [0.15, 0.2) is 23.1 Å². The summed E-state index contributed by atoms with van der Waals surface area (Å²) in [6.07, 6.45) is 1.98. The van der Waals surface area contributed by atoms with E-state index >= 15 is 0 Å². The van der Waals surface area contributed by atoms with E-state index in [1.165, 1.54) is 10.6 Å². The highest BCUT2D eigenvalue weighted by Crippen LogP contribution is 2.64. The summed E-state index contributed by atoms with van der Waals surface area (Å²) in [6, 6.07) is 2.94. The van der Waals surface area contributed by atoms with Gasteiger partial charge in [0.15, 0.2) is 0 Å². The lowest BCUT2D eigenvalue weighted by molar-refractivity contribution is -0.120. The van der Waals surface area contributed by atoms with Crippen LogP contribution in [0.2, 0.25) is 0 Å². The van der Waals surface area contributed by atoms with Crippen LogP contribution in [-0.2, 0) is 11.8 Å². The number of carbonyl (C=O) groups is 1. The Balaban J connectivity index is 2.15. The quantitative estimate of drug-likeness (QED) is 0.838. The second-order valence-corrected chi connectivity index (χ2v) is 6.02. The SMILES string of the molecule is Cn1cc(NC(=O)[C@@]2(C)CC2(Cl)Cl)ccc1=O. The van der Waals surface area contributed by atoms with E-state index in [0.717, 1.165) is 0 Å². The van der Waals surface area contributed by atoms with Crippen LogP contribution in [0.1, 0.15) is 13.3 Å². The molecule has 1 N–H and O–H groups in total. The van der Waals surface area contributed by atoms with Crippen molar-refractivity contribution in [3.63, 3.8) is 0 Å². The Morgan fingerprint density at radius 3 is 2.53 bits per heavy atom. The van der Waals surface area contributed by atoms with E-state index in [2.05, 4.69) is 5.32 Å². The molecule has 0 aliphatic heterocycles. The van der Waals surface area contributed by atoms with Gasteiger partial charge in [-0.1, -0.05) is 0 Å². The monoisotopic (exact) mass is 274 g/mol. The van der Waals surface area contributed by atoms with Gasteiger partial charge in [0.25, 0.3) is 0 Å². The molecule has 0 unspecified atom stereocenters. The minimum Gasteiger partial charge on any atom is -0.324 e. The maximum Gasteiger partial charge on any atom is 0.250 e. The fourth-order valence-electron chi connectivity index (χ4n) is 1.58. The van der Waals surface area contributed by atoms with Crippen molar-refractivity contribution >= 4 is 34.8 Å². The Hall–Kier alpha value is -1.00. The van der Waals surface area contributed by atoms with Gasteiger partial charge in [-0.2, -0.15) is 0 Å². The average Bonchev–Trinajstić information content (AvgIpc) is 2.74. The largest absolute Gasteiger partial charge is 0.324 e. The molecule has 0 bridgehead atoms. The van der Waals surface area contributed by atoms with Gasteiger partial charge in [-0.05, 0) is 19.4 Å². The molecule has 1 heterocycles. The van der Waals surface area contributed by atoms with Crippen molar-refractivity contribution in [1.82, 2.24) is 4.57 Å². The van der Waals surface area contributed by atoms with Crippen LogP contribution in [0, 0.1) is 5.41 Å². The fraction of sp³-hybridized carbons (Fsp3) is 0.455. The molecular formula is C11H12Cl2N2O2. The summed E-state index contributed by atoms with van der Waals surface area (Å²) >= 11 is 11.8. The zero-order chi connectivity index (χ0) is 12.8. The van der Waals surface area contributed by atoms with E-state index in [-0.39, 0.29) is 11.5 Å². The van der Waals surface area contributed by atoms with Crippen LogP contribution < -0.4 is 10.9 Å². The van der Waals surface area contributed by atoms with Gasteiger partial charge in [-0.3, -0.25) is 9.59 Å². The number of amides is 1. The summed E-state index contributed by atoms with van der Waals surface area (Å²) in [5.41, 5.74) is -0.343. The van der Waals surface area contributed by atoms with Gasteiger partial charge in [0.2, 0.25) is 11.5 Å². The van der Waals surface area contributed by atoms with Gasteiger partial charge in [-0.15, -0.1) is 23.2 Å². The topological polar surface area (TPSA) is 51.1 Å². The first-order chi connectivity index (χ1) is 7.76. The molecule has 0 aromatic carbocycles. The van der Waals surface area contributed by atoms with Gasteiger partial charge >= 0.3 is 0 Å². The molecule has 17 heavy (non-hydrogen) atoms. The van der Waals surface area contributed by atoms with Crippen LogP contribution in [0.3, 0.4) is 0 Å². The van der Waals surface area contributed by atoms with Crippen molar-refractivity contribution in [3.8, 4) is 0 Å². The zero-order valence-corrected chi connectivity index (χ0v) is 11.0. The van der Waals surface area contributed by atoms with Crippen molar-refractivity contribution in [2.24, 2.45) is 12.5 Å². The standard InChI is InChI=1S/C11H12Cl2N2O2/c1-10(6-11(10,12)13)9(17)14-7-3-4-8(16)15(2)5-7/h3-5H,6H2,1-2H3,(H,14,17)/t10-/m1/s1. The molecular weight excluding hydrogens is 263 g/mol. The molecule has 0 radical (unpaired) electrons. The zero-order valence-electron chi connectivity index (χ0n) is 9.46. The molecule has 1 aromatic heterocycles. The summed E-state index contributed by atoms with van der Waals surface area (Å²) in [7, 11) is 1.62.